The Hall–Kier alpha value is -2.84. The zero-order valence-corrected chi connectivity index (χ0v) is 13.4. The van der Waals surface area contributed by atoms with E-state index in [0.29, 0.717) is 10.7 Å². The number of nitrogens with one attached hydrogen (secondary N) is 3. The number of amides is 3. The quantitative estimate of drug-likeness (QED) is 0.569. The van der Waals surface area contributed by atoms with Crippen LogP contribution in [0.2, 0.25) is 10.0 Å². The van der Waals surface area contributed by atoms with Crippen molar-refractivity contribution in [1.82, 2.24) is 10.9 Å². The average Bonchev–Trinajstić information content (AvgIpc) is 2.55. The van der Waals surface area contributed by atoms with Gasteiger partial charge >= 0.3 is 6.03 Å². The summed E-state index contributed by atoms with van der Waals surface area (Å²) in [4.78, 5) is 33.6. The molecule has 0 saturated heterocycles. The van der Waals surface area contributed by atoms with Crippen molar-refractivity contribution in [2.75, 3.05) is 5.32 Å². The van der Waals surface area contributed by atoms with Crippen molar-refractivity contribution in [2.45, 2.75) is 0 Å². The number of hydrogen-bond acceptors (Lipinski definition) is 4. The standard InChI is InChI=1S/C14H10Cl2N4O4/c15-8-1-6-12(16)11(7-8)13(21)18-19-14(22)17-9-2-4-10(5-3-9)20(23)24/h1-7H,(H,18,21)(H2,17,19,22). The summed E-state index contributed by atoms with van der Waals surface area (Å²) in [6.07, 6.45) is 0. The fraction of sp³-hybridized carbons (Fsp3) is 0. The van der Waals surface area contributed by atoms with Crippen LogP contribution in [0.4, 0.5) is 16.2 Å². The molecular formula is C14H10Cl2N4O4. The summed E-state index contributed by atoms with van der Waals surface area (Å²) < 4.78 is 0. The lowest BCUT2D eigenvalue weighted by Gasteiger charge is -2.10. The molecule has 0 spiro atoms. The molecule has 3 amide bonds. The van der Waals surface area contributed by atoms with E-state index >= 15 is 0 Å². The third-order valence-corrected chi connectivity index (χ3v) is 3.36. The van der Waals surface area contributed by atoms with E-state index in [-0.39, 0.29) is 16.3 Å². The van der Waals surface area contributed by atoms with Gasteiger partial charge in [-0.15, -0.1) is 0 Å². The van der Waals surface area contributed by atoms with Crippen molar-refractivity contribution in [3.63, 3.8) is 0 Å². The number of halogens is 2. The largest absolute Gasteiger partial charge is 0.337 e. The molecule has 0 fully saturated rings. The molecular weight excluding hydrogens is 359 g/mol. The van der Waals surface area contributed by atoms with E-state index < -0.39 is 16.9 Å². The molecule has 0 unspecified atom stereocenters. The molecule has 0 aliphatic rings. The Morgan fingerprint density at radius 3 is 2.29 bits per heavy atom. The van der Waals surface area contributed by atoms with Crippen LogP contribution >= 0.6 is 23.2 Å². The van der Waals surface area contributed by atoms with Crippen molar-refractivity contribution in [3.8, 4) is 0 Å². The zero-order chi connectivity index (χ0) is 17.7. The molecule has 3 N–H and O–H groups in total. The molecule has 24 heavy (non-hydrogen) atoms. The van der Waals surface area contributed by atoms with E-state index in [1.807, 2.05) is 0 Å². The molecule has 0 heterocycles. The van der Waals surface area contributed by atoms with Crippen LogP contribution in [-0.4, -0.2) is 16.9 Å². The van der Waals surface area contributed by atoms with Crippen LogP contribution in [-0.2, 0) is 0 Å². The maximum atomic E-state index is 11.9. The van der Waals surface area contributed by atoms with Gasteiger partial charge in [0, 0.05) is 22.8 Å². The highest BCUT2D eigenvalue weighted by molar-refractivity contribution is 6.35. The number of carbonyl (C=O) groups is 2. The highest BCUT2D eigenvalue weighted by atomic mass is 35.5. The number of nitro benzene ring substituents is 1. The lowest BCUT2D eigenvalue weighted by Crippen LogP contribution is -2.44. The summed E-state index contributed by atoms with van der Waals surface area (Å²) in [5.74, 6) is -0.652. The minimum absolute atomic E-state index is 0.0970. The first kappa shape index (κ1) is 17.5. The van der Waals surface area contributed by atoms with Crippen molar-refractivity contribution >= 4 is 46.5 Å². The zero-order valence-electron chi connectivity index (χ0n) is 11.9. The number of carbonyl (C=O) groups excluding carboxylic acids is 2. The summed E-state index contributed by atoms with van der Waals surface area (Å²) in [6.45, 7) is 0. The van der Waals surface area contributed by atoms with Gasteiger partial charge in [-0.05, 0) is 30.3 Å². The second kappa shape index (κ2) is 7.62. The Morgan fingerprint density at radius 2 is 1.67 bits per heavy atom. The average molecular weight is 369 g/mol. The lowest BCUT2D eigenvalue weighted by atomic mass is 10.2. The van der Waals surface area contributed by atoms with Gasteiger partial charge < -0.3 is 5.32 Å². The number of urea groups is 1. The number of benzene rings is 2. The number of nitro groups is 1. The van der Waals surface area contributed by atoms with Gasteiger partial charge in [0.15, 0.2) is 0 Å². The second-order valence-electron chi connectivity index (χ2n) is 4.46. The lowest BCUT2D eigenvalue weighted by molar-refractivity contribution is -0.384. The molecule has 0 radical (unpaired) electrons. The van der Waals surface area contributed by atoms with Gasteiger partial charge in [-0.25, -0.2) is 10.2 Å². The van der Waals surface area contributed by atoms with Gasteiger partial charge in [-0.1, -0.05) is 23.2 Å². The first-order valence-corrected chi connectivity index (χ1v) is 7.19. The SMILES string of the molecule is O=C(NNC(=O)c1cc(Cl)ccc1Cl)Nc1ccc([N+](=O)[O-])cc1. The first-order valence-electron chi connectivity index (χ1n) is 6.43. The summed E-state index contributed by atoms with van der Waals surface area (Å²) in [7, 11) is 0. The van der Waals surface area contributed by atoms with Gasteiger partial charge in [-0.3, -0.25) is 20.3 Å². The molecule has 124 valence electrons. The molecule has 2 aromatic rings. The molecule has 0 bridgehead atoms. The Bertz CT molecular complexity index is 796. The minimum Gasteiger partial charge on any atom is -0.307 e. The Morgan fingerprint density at radius 1 is 1.00 bits per heavy atom. The minimum atomic E-state index is -0.740. The predicted molar refractivity (Wildman–Crippen MR) is 89.2 cm³/mol. The number of non-ortho nitro benzene ring substituents is 1. The van der Waals surface area contributed by atoms with E-state index in [4.69, 9.17) is 23.2 Å². The Balaban J connectivity index is 1.92. The van der Waals surface area contributed by atoms with Crippen LogP contribution in [0.1, 0.15) is 10.4 Å². The van der Waals surface area contributed by atoms with E-state index in [9.17, 15) is 19.7 Å². The van der Waals surface area contributed by atoms with E-state index in [1.165, 1.54) is 42.5 Å². The topological polar surface area (TPSA) is 113 Å². The van der Waals surface area contributed by atoms with Crippen molar-refractivity contribution < 1.29 is 14.5 Å². The fourth-order valence-electron chi connectivity index (χ4n) is 1.68. The number of nitrogens with zero attached hydrogens (tertiary/aromatic N) is 1. The predicted octanol–water partition coefficient (Wildman–Crippen LogP) is 3.37. The summed E-state index contributed by atoms with van der Waals surface area (Å²) in [5, 5.41) is 13.4. The number of anilines is 1. The van der Waals surface area contributed by atoms with Crippen molar-refractivity contribution in [1.29, 1.82) is 0 Å². The smallest absolute Gasteiger partial charge is 0.307 e. The summed E-state index contributed by atoms with van der Waals surface area (Å²) in [5.41, 5.74) is 4.60. The number of hydrogen-bond donors (Lipinski definition) is 3. The normalized spacial score (nSPS) is 9.92. The van der Waals surface area contributed by atoms with Gasteiger partial charge in [0.1, 0.15) is 0 Å². The maximum absolute atomic E-state index is 11.9. The van der Waals surface area contributed by atoms with Crippen LogP contribution in [0.5, 0.6) is 0 Å². The van der Waals surface area contributed by atoms with E-state index in [0.717, 1.165) is 0 Å². The molecule has 0 aromatic heterocycles. The van der Waals surface area contributed by atoms with Crippen LogP contribution in [0.3, 0.4) is 0 Å². The fourth-order valence-corrected chi connectivity index (χ4v) is 2.06. The van der Waals surface area contributed by atoms with Gasteiger partial charge in [0.05, 0.1) is 15.5 Å². The molecule has 8 nitrogen and oxygen atoms in total. The van der Waals surface area contributed by atoms with E-state index in [2.05, 4.69) is 16.2 Å². The van der Waals surface area contributed by atoms with Gasteiger partial charge in [0.2, 0.25) is 0 Å². The molecule has 0 aliphatic carbocycles. The molecule has 0 atom stereocenters. The van der Waals surface area contributed by atoms with Crippen molar-refractivity contribution in [2.24, 2.45) is 0 Å². The van der Waals surface area contributed by atoms with Crippen LogP contribution in [0.25, 0.3) is 0 Å². The molecule has 2 rings (SSSR count). The number of rotatable bonds is 3. The second-order valence-corrected chi connectivity index (χ2v) is 5.31. The third kappa shape index (κ3) is 4.58. The van der Waals surface area contributed by atoms with E-state index in [1.54, 1.807) is 0 Å². The van der Waals surface area contributed by atoms with Crippen LogP contribution < -0.4 is 16.2 Å². The van der Waals surface area contributed by atoms with Gasteiger partial charge in [0.25, 0.3) is 11.6 Å². The van der Waals surface area contributed by atoms with Crippen LogP contribution in [0.15, 0.2) is 42.5 Å². The van der Waals surface area contributed by atoms with Gasteiger partial charge in [-0.2, -0.15) is 0 Å². The van der Waals surface area contributed by atoms with Crippen LogP contribution in [0, 0.1) is 10.1 Å². The molecule has 10 heteroatoms. The summed E-state index contributed by atoms with van der Waals surface area (Å²) in [6, 6.07) is 8.77. The molecule has 0 aliphatic heterocycles. The van der Waals surface area contributed by atoms with Crippen molar-refractivity contribution in [3.05, 3.63) is 68.2 Å². The maximum Gasteiger partial charge on any atom is 0.337 e. The monoisotopic (exact) mass is 368 g/mol. The summed E-state index contributed by atoms with van der Waals surface area (Å²) >= 11 is 11.7. The Kier molecular flexibility index (Phi) is 5.56. The highest BCUT2D eigenvalue weighted by Gasteiger charge is 2.12. The number of hydrazine groups is 1. The Labute approximate surface area is 145 Å². The molecule has 0 saturated carbocycles. The molecule has 2 aromatic carbocycles. The first-order chi connectivity index (χ1) is 11.4. The third-order valence-electron chi connectivity index (χ3n) is 2.80. The highest BCUT2D eigenvalue weighted by Crippen LogP contribution is 2.20.